The Morgan fingerprint density at radius 3 is 2.57 bits per heavy atom. The minimum atomic E-state index is -0.618. The number of carbonyl (C=O) groups is 1. The van der Waals surface area contributed by atoms with Gasteiger partial charge in [-0.25, -0.2) is 4.39 Å². The molecule has 1 unspecified atom stereocenters. The highest BCUT2D eigenvalue weighted by atomic mass is 79.9. The zero-order valence-corrected chi connectivity index (χ0v) is 13.5. The number of nitrogens with one attached hydrogen (secondary N) is 1. The topological polar surface area (TPSA) is 29.1 Å². The number of carbonyl (C=O) groups excluding carboxylic acids is 1. The summed E-state index contributed by atoms with van der Waals surface area (Å²) in [7, 11) is 0. The van der Waals surface area contributed by atoms with Gasteiger partial charge in [0.2, 0.25) is 0 Å². The van der Waals surface area contributed by atoms with Crippen LogP contribution in [0.4, 0.5) is 4.39 Å². The molecule has 21 heavy (non-hydrogen) atoms. The minimum Gasteiger partial charge on any atom is -0.348 e. The number of halogens is 3. The summed E-state index contributed by atoms with van der Waals surface area (Å²) in [6.45, 7) is 0. The fourth-order valence-corrected chi connectivity index (χ4v) is 2.53. The number of hydrogen-bond acceptors (Lipinski definition) is 1. The Labute approximate surface area is 136 Å². The largest absolute Gasteiger partial charge is 0.348 e. The van der Waals surface area contributed by atoms with Crippen molar-refractivity contribution in [2.24, 2.45) is 0 Å². The highest BCUT2D eigenvalue weighted by Crippen LogP contribution is 2.15. The van der Waals surface area contributed by atoms with Gasteiger partial charge in [-0.05, 0) is 30.2 Å². The van der Waals surface area contributed by atoms with Gasteiger partial charge >= 0.3 is 0 Å². The molecule has 2 nitrogen and oxygen atoms in total. The van der Waals surface area contributed by atoms with Gasteiger partial charge in [-0.1, -0.05) is 57.9 Å². The van der Waals surface area contributed by atoms with Crippen LogP contribution in [0.2, 0.25) is 5.02 Å². The third-order valence-electron chi connectivity index (χ3n) is 3.02. The van der Waals surface area contributed by atoms with Crippen molar-refractivity contribution in [2.75, 3.05) is 5.33 Å². The predicted molar refractivity (Wildman–Crippen MR) is 86.6 cm³/mol. The summed E-state index contributed by atoms with van der Waals surface area (Å²) in [5.41, 5.74) is 1.11. The molecule has 0 aliphatic heterocycles. The molecule has 5 heteroatoms. The van der Waals surface area contributed by atoms with E-state index in [2.05, 4.69) is 21.2 Å². The zero-order chi connectivity index (χ0) is 15.2. The van der Waals surface area contributed by atoms with E-state index in [0.717, 1.165) is 11.6 Å². The maximum atomic E-state index is 13.7. The van der Waals surface area contributed by atoms with E-state index < -0.39 is 11.7 Å². The average Bonchev–Trinajstić information content (AvgIpc) is 2.47. The van der Waals surface area contributed by atoms with Crippen molar-refractivity contribution in [1.29, 1.82) is 0 Å². The molecule has 0 aliphatic rings. The lowest BCUT2D eigenvalue weighted by Gasteiger charge is -2.16. The molecule has 0 aliphatic carbocycles. The van der Waals surface area contributed by atoms with E-state index in [1.54, 1.807) is 0 Å². The maximum Gasteiger partial charge on any atom is 0.254 e. The van der Waals surface area contributed by atoms with Crippen LogP contribution in [0.25, 0.3) is 0 Å². The Hall–Kier alpha value is -1.39. The molecule has 0 aromatic heterocycles. The summed E-state index contributed by atoms with van der Waals surface area (Å²) in [5.74, 6) is -1.06. The average molecular weight is 371 g/mol. The third kappa shape index (κ3) is 4.55. The third-order valence-corrected chi connectivity index (χ3v) is 4.04. The van der Waals surface area contributed by atoms with Gasteiger partial charge in [0.25, 0.3) is 5.91 Å². The number of benzene rings is 2. The Balaban J connectivity index is 2.06. The highest BCUT2D eigenvalue weighted by Gasteiger charge is 2.16. The molecule has 1 N–H and O–H groups in total. The molecule has 2 aromatic carbocycles. The van der Waals surface area contributed by atoms with Crippen LogP contribution >= 0.6 is 27.5 Å². The first-order valence-electron chi connectivity index (χ1n) is 6.46. The molecule has 1 atom stereocenters. The predicted octanol–water partition coefficient (Wildman–Crippen LogP) is 4.22. The van der Waals surface area contributed by atoms with Crippen molar-refractivity contribution < 1.29 is 9.18 Å². The Bertz CT molecular complexity index is 621. The number of rotatable bonds is 5. The fraction of sp³-hybridized carbons (Fsp3) is 0.188. The number of amides is 1. The van der Waals surface area contributed by atoms with Crippen LogP contribution in [-0.4, -0.2) is 17.3 Å². The summed E-state index contributed by atoms with van der Waals surface area (Å²) in [5, 5.41) is 3.68. The summed E-state index contributed by atoms with van der Waals surface area (Å²) in [4.78, 5) is 12.1. The quantitative estimate of drug-likeness (QED) is 0.785. The smallest absolute Gasteiger partial charge is 0.254 e. The Kier molecular flexibility index (Phi) is 5.76. The molecular weight excluding hydrogens is 357 g/mol. The Morgan fingerprint density at radius 2 is 1.95 bits per heavy atom. The van der Waals surface area contributed by atoms with Crippen LogP contribution in [0, 0.1) is 5.82 Å². The first-order chi connectivity index (χ1) is 10.1. The monoisotopic (exact) mass is 369 g/mol. The molecule has 0 saturated carbocycles. The van der Waals surface area contributed by atoms with Gasteiger partial charge in [-0.2, -0.15) is 0 Å². The number of alkyl halides is 1. The van der Waals surface area contributed by atoms with Gasteiger partial charge in [0.15, 0.2) is 0 Å². The second-order valence-corrected chi connectivity index (χ2v) is 5.72. The molecule has 1 amide bonds. The van der Waals surface area contributed by atoms with E-state index in [1.807, 2.05) is 30.3 Å². The second-order valence-electron chi connectivity index (χ2n) is 4.64. The lowest BCUT2D eigenvalue weighted by Crippen LogP contribution is -2.38. The highest BCUT2D eigenvalue weighted by molar-refractivity contribution is 9.09. The number of hydrogen-bond donors (Lipinski definition) is 1. The van der Waals surface area contributed by atoms with E-state index in [-0.39, 0.29) is 16.6 Å². The van der Waals surface area contributed by atoms with Crippen molar-refractivity contribution in [3.63, 3.8) is 0 Å². The molecule has 0 bridgehead atoms. The van der Waals surface area contributed by atoms with Gasteiger partial charge in [0.1, 0.15) is 5.82 Å². The van der Waals surface area contributed by atoms with Gasteiger partial charge < -0.3 is 5.32 Å². The zero-order valence-electron chi connectivity index (χ0n) is 11.2. The van der Waals surface area contributed by atoms with Crippen molar-refractivity contribution in [3.8, 4) is 0 Å². The van der Waals surface area contributed by atoms with E-state index in [9.17, 15) is 9.18 Å². The van der Waals surface area contributed by atoms with Crippen molar-refractivity contribution in [3.05, 3.63) is 70.5 Å². The molecule has 2 aromatic rings. The molecule has 0 radical (unpaired) electrons. The SMILES string of the molecule is O=C(NC(CBr)Cc1ccccc1)c1ccc(Cl)cc1F. The van der Waals surface area contributed by atoms with Crippen LogP contribution in [0.1, 0.15) is 15.9 Å². The lowest BCUT2D eigenvalue weighted by atomic mass is 10.1. The van der Waals surface area contributed by atoms with Crippen LogP contribution < -0.4 is 5.32 Å². The van der Waals surface area contributed by atoms with Crippen LogP contribution in [-0.2, 0) is 6.42 Å². The van der Waals surface area contributed by atoms with Crippen LogP contribution in [0.3, 0.4) is 0 Å². The summed E-state index contributed by atoms with van der Waals surface area (Å²) in [6, 6.07) is 13.7. The summed E-state index contributed by atoms with van der Waals surface area (Å²) < 4.78 is 13.7. The molecule has 110 valence electrons. The van der Waals surface area contributed by atoms with E-state index >= 15 is 0 Å². The normalized spacial score (nSPS) is 12.0. The minimum absolute atomic E-state index is 0.00147. The van der Waals surface area contributed by atoms with Crippen LogP contribution in [0.15, 0.2) is 48.5 Å². The molecular formula is C16H14BrClFNO. The van der Waals surface area contributed by atoms with Crippen LogP contribution in [0.5, 0.6) is 0 Å². The fourth-order valence-electron chi connectivity index (χ4n) is 1.98. The van der Waals surface area contributed by atoms with E-state index in [0.29, 0.717) is 11.8 Å². The first-order valence-corrected chi connectivity index (χ1v) is 7.96. The summed E-state index contributed by atoms with van der Waals surface area (Å²) in [6.07, 6.45) is 0.674. The van der Waals surface area contributed by atoms with Gasteiger partial charge in [0, 0.05) is 16.4 Å². The van der Waals surface area contributed by atoms with Gasteiger partial charge in [-0.3, -0.25) is 4.79 Å². The Morgan fingerprint density at radius 1 is 1.24 bits per heavy atom. The molecule has 0 fully saturated rings. The van der Waals surface area contributed by atoms with Crippen molar-refractivity contribution in [2.45, 2.75) is 12.5 Å². The van der Waals surface area contributed by atoms with Gasteiger partial charge in [0.05, 0.1) is 5.56 Å². The van der Waals surface area contributed by atoms with Gasteiger partial charge in [-0.15, -0.1) is 0 Å². The molecule has 2 rings (SSSR count). The van der Waals surface area contributed by atoms with E-state index in [4.69, 9.17) is 11.6 Å². The lowest BCUT2D eigenvalue weighted by molar-refractivity contribution is 0.0937. The first kappa shape index (κ1) is 16.0. The van der Waals surface area contributed by atoms with Crippen molar-refractivity contribution >= 4 is 33.4 Å². The van der Waals surface area contributed by atoms with E-state index in [1.165, 1.54) is 12.1 Å². The second kappa shape index (κ2) is 7.57. The maximum absolute atomic E-state index is 13.7. The van der Waals surface area contributed by atoms with Crippen molar-refractivity contribution in [1.82, 2.24) is 5.32 Å². The molecule has 0 spiro atoms. The molecule has 0 saturated heterocycles. The summed E-state index contributed by atoms with van der Waals surface area (Å²) >= 11 is 9.06. The molecule has 0 heterocycles. The standard InChI is InChI=1S/C16H14BrClFNO/c17-10-13(8-11-4-2-1-3-5-11)20-16(21)14-7-6-12(18)9-15(14)19/h1-7,9,13H,8,10H2,(H,20,21).